The summed E-state index contributed by atoms with van der Waals surface area (Å²) in [6.07, 6.45) is 2.54. The first-order chi connectivity index (χ1) is 12.0. The minimum Gasteiger partial charge on any atom is -0.350 e. The molecule has 0 fully saturated rings. The van der Waals surface area contributed by atoms with Gasteiger partial charge in [0, 0.05) is 17.8 Å². The molecule has 0 spiro atoms. The van der Waals surface area contributed by atoms with E-state index in [0.29, 0.717) is 18.6 Å². The zero-order chi connectivity index (χ0) is 18.0. The maximum Gasteiger partial charge on any atom is 0.252 e. The number of aromatic nitrogens is 4. The third-order valence-corrected chi connectivity index (χ3v) is 4.62. The first-order valence-electron chi connectivity index (χ1n) is 8.48. The topological polar surface area (TPSA) is 72.2 Å². The van der Waals surface area contributed by atoms with Crippen molar-refractivity contribution in [2.24, 2.45) is 0 Å². The van der Waals surface area contributed by atoms with Crippen LogP contribution in [-0.2, 0) is 11.2 Å². The van der Waals surface area contributed by atoms with Crippen LogP contribution in [0.4, 0.5) is 0 Å². The zero-order valence-electron chi connectivity index (χ0n) is 15.1. The molecular weight excluding hydrogens is 314 g/mol. The SMILES string of the molecule is Cc1ccccc1C(C)NC(=O)CCc1c(C)nc2ncnn2c1C. The molecule has 0 radical (unpaired) electrons. The Bertz CT molecular complexity index is 915. The van der Waals surface area contributed by atoms with Crippen molar-refractivity contribution < 1.29 is 4.79 Å². The van der Waals surface area contributed by atoms with Gasteiger partial charge in [0.1, 0.15) is 6.33 Å². The number of aryl methyl sites for hydroxylation is 3. The van der Waals surface area contributed by atoms with Crippen LogP contribution in [0.2, 0.25) is 0 Å². The predicted octanol–water partition coefficient (Wildman–Crippen LogP) is 2.86. The number of nitrogens with zero attached hydrogens (tertiary/aromatic N) is 4. The van der Waals surface area contributed by atoms with Gasteiger partial charge in [0.2, 0.25) is 5.91 Å². The normalized spacial score (nSPS) is 12.3. The third-order valence-electron chi connectivity index (χ3n) is 4.62. The number of benzene rings is 1. The van der Waals surface area contributed by atoms with Crippen LogP contribution in [0.25, 0.3) is 5.78 Å². The van der Waals surface area contributed by atoms with E-state index in [1.54, 1.807) is 4.52 Å². The maximum atomic E-state index is 12.4. The summed E-state index contributed by atoms with van der Waals surface area (Å²) in [5, 5.41) is 7.27. The highest BCUT2D eigenvalue weighted by Crippen LogP contribution is 2.18. The molecule has 3 rings (SSSR count). The van der Waals surface area contributed by atoms with Crippen LogP contribution in [0, 0.1) is 20.8 Å². The fourth-order valence-corrected chi connectivity index (χ4v) is 3.22. The molecule has 130 valence electrons. The monoisotopic (exact) mass is 337 g/mol. The molecule has 1 amide bonds. The van der Waals surface area contributed by atoms with Crippen LogP contribution >= 0.6 is 0 Å². The number of nitrogens with one attached hydrogen (secondary N) is 1. The molecule has 6 nitrogen and oxygen atoms in total. The van der Waals surface area contributed by atoms with Crippen molar-refractivity contribution in [2.45, 2.75) is 46.6 Å². The van der Waals surface area contributed by atoms with Gasteiger partial charge in [-0.1, -0.05) is 24.3 Å². The number of rotatable bonds is 5. The number of carbonyl (C=O) groups is 1. The van der Waals surface area contributed by atoms with Crippen LogP contribution in [0.15, 0.2) is 30.6 Å². The van der Waals surface area contributed by atoms with E-state index in [2.05, 4.69) is 39.4 Å². The van der Waals surface area contributed by atoms with Crippen molar-refractivity contribution in [1.29, 1.82) is 0 Å². The van der Waals surface area contributed by atoms with Crippen LogP contribution in [-0.4, -0.2) is 25.5 Å². The second-order valence-corrected chi connectivity index (χ2v) is 6.38. The van der Waals surface area contributed by atoms with E-state index < -0.39 is 0 Å². The lowest BCUT2D eigenvalue weighted by molar-refractivity contribution is -0.121. The lowest BCUT2D eigenvalue weighted by Crippen LogP contribution is -2.27. The molecule has 25 heavy (non-hydrogen) atoms. The first-order valence-corrected chi connectivity index (χ1v) is 8.48. The highest BCUT2D eigenvalue weighted by molar-refractivity contribution is 5.76. The smallest absolute Gasteiger partial charge is 0.252 e. The molecule has 0 bridgehead atoms. The van der Waals surface area contributed by atoms with Crippen molar-refractivity contribution in [3.05, 3.63) is 58.7 Å². The van der Waals surface area contributed by atoms with E-state index in [0.717, 1.165) is 22.5 Å². The molecule has 0 aliphatic carbocycles. The molecular formula is C19H23N5O. The first kappa shape index (κ1) is 17.1. The molecule has 3 aromatic rings. The molecule has 1 atom stereocenters. The van der Waals surface area contributed by atoms with Gasteiger partial charge in [-0.05, 0) is 50.8 Å². The molecule has 6 heteroatoms. The fraction of sp³-hybridized carbons (Fsp3) is 0.368. The van der Waals surface area contributed by atoms with Gasteiger partial charge in [0.15, 0.2) is 0 Å². The Hall–Kier alpha value is -2.76. The van der Waals surface area contributed by atoms with Gasteiger partial charge < -0.3 is 5.32 Å². The van der Waals surface area contributed by atoms with E-state index in [9.17, 15) is 4.79 Å². The van der Waals surface area contributed by atoms with Crippen molar-refractivity contribution in [2.75, 3.05) is 0 Å². The van der Waals surface area contributed by atoms with Gasteiger partial charge in [0.05, 0.1) is 6.04 Å². The molecule has 1 N–H and O–H groups in total. The Balaban J connectivity index is 1.68. The second kappa shape index (κ2) is 7.01. The lowest BCUT2D eigenvalue weighted by Gasteiger charge is -2.17. The van der Waals surface area contributed by atoms with Crippen LogP contribution in [0.5, 0.6) is 0 Å². The number of carbonyl (C=O) groups excluding carboxylic acids is 1. The summed E-state index contributed by atoms with van der Waals surface area (Å²) in [7, 11) is 0. The van der Waals surface area contributed by atoms with Crippen molar-refractivity contribution >= 4 is 11.7 Å². The Morgan fingerprint density at radius 1 is 1.24 bits per heavy atom. The number of fused-ring (bicyclic) bond motifs is 1. The summed E-state index contributed by atoms with van der Waals surface area (Å²) in [5.74, 6) is 0.629. The minimum absolute atomic E-state index is 0.00758. The Morgan fingerprint density at radius 3 is 2.76 bits per heavy atom. The summed E-state index contributed by atoms with van der Waals surface area (Å²) in [6, 6.07) is 8.11. The zero-order valence-corrected chi connectivity index (χ0v) is 15.1. The summed E-state index contributed by atoms with van der Waals surface area (Å²) in [4.78, 5) is 21.0. The van der Waals surface area contributed by atoms with E-state index in [1.165, 1.54) is 11.9 Å². The molecule has 1 unspecified atom stereocenters. The number of amides is 1. The van der Waals surface area contributed by atoms with Crippen molar-refractivity contribution in [1.82, 2.24) is 24.9 Å². The number of hydrogen-bond acceptors (Lipinski definition) is 4. The Morgan fingerprint density at radius 2 is 2.00 bits per heavy atom. The average molecular weight is 337 g/mol. The molecule has 0 aliphatic heterocycles. The Labute approximate surface area is 147 Å². The van der Waals surface area contributed by atoms with Gasteiger partial charge in [0.25, 0.3) is 5.78 Å². The Kier molecular flexibility index (Phi) is 4.79. The van der Waals surface area contributed by atoms with Gasteiger partial charge in [-0.25, -0.2) is 9.50 Å². The van der Waals surface area contributed by atoms with Gasteiger partial charge in [-0.15, -0.1) is 0 Å². The van der Waals surface area contributed by atoms with Crippen LogP contribution in [0.3, 0.4) is 0 Å². The second-order valence-electron chi connectivity index (χ2n) is 6.38. The van der Waals surface area contributed by atoms with Gasteiger partial charge >= 0.3 is 0 Å². The van der Waals surface area contributed by atoms with Crippen LogP contribution < -0.4 is 5.32 Å². The highest BCUT2D eigenvalue weighted by atomic mass is 16.1. The van der Waals surface area contributed by atoms with Gasteiger partial charge in [-0.3, -0.25) is 4.79 Å². The number of hydrogen-bond donors (Lipinski definition) is 1. The summed E-state index contributed by atoms with van der Waals surface area (Å²) < 4.78 is 1.72. The third kappa shape index (κ3) is 3.52. The van der Waals surface area contributed by atoms with Crippen molar-refractivity contribution in [3.63, 3.8) is 0 Å². The predicted molar refractivity (Wildman–Crippen MR) is 96.3 cm³/mol. The molecule has 0 saturated carbocycles. The quantitative estimate of drug-likeness (QED) is 0.777. The van der Waals surface area contributed by atoms with E-state index >= 15 is 0 Å². The molecule has 0 saturated heterocycles. The molecule has 1 aromatic carbocycles. The molecule has 2 heterocycles. The maximum absolute atomic E-state index is 12.4. The largest absolute Gasteiger partial charge is 0.350 e. The van der Waals surface area contributed by atoms with E-state index in [-0.39, 0.29) is 11.9 Å². The van der Waals surface area contributed by atoms with Crippen LogP contribution in [0.1, 0.15) is 47.5 Å². The lowest BCUT2D eigenvalue weighted by atomic mass is 10.0. The fourth-order valence-electron chi connectivity index (χ4n) is 3.22. The van der Waals surface area contributed by atoms with E-state index in [1.807, 2.05) is 32.9 Å². The standard InChI is InChI=1S/C19H23N5O/c1-12-7-5-6-8-16(12)13(2)22-18(25)10-9-17-14(3)23-19-20-11-21-24(19)15(17)4/h5-8,11,13H,9-10H2,1-4H3,(H,22,25). The van der Waals surface area contributed by atoms with Gasteiger partial charge in [-0.2, -0.15) is 10.1 Å². The summed E-state index contributed by atoms with van der Waals surface area (Å²) in [5.41, 5.74) is 5.27. The van der Waals surface area contributed by atoms with Crippen molar-refractivity contribution in [3.8, 4) is 0 Å². The highest BCUT2D eigenvalue weighted by Gasteiger charge is 2.15. The van der Waals surface area contributed by atoms with E-state index in [4.69, 9.17) is 0 Å². The molecule has 0 aliphatic rings. The average Bonchev–Trinajstić information content (AvgIpc) is 3.03. The molecule has 2 aromatic heterocycles. The summed E-state index contributed by atoms with van der Waals surface area (Å²) >= 11 is 0. The summed E-state index contributed by atoms with van der Waals surface area (Å²) in [6.45, 7) is 8.01. The minimum atomic E-state index is -0.00758.